The molecule has 0 aromatic rings. The van der Waals surface area contributed by atoms with Crippen LogP contribution in [0.5, 0.6) is 0 Å². The summed E-state index contributed by atoms with van der Waals surface area (Å²) in [5, 5.41) is 9.73. The highest BCUT2D eigenvalue weighted by Gasteiger charge is 2.60. The highest BCUT2D eigenvalue weighted by Crippen LogP contribution is 2.59. The Labute approximate surface area is 74.9 Å². The van der Waals surface area contributed by atoms with Gasteiger partial charge in [0.1, 0.15) is 0 Å². The molecule has 4 heteroatoms. The predicted octanol–water partition coefficient (Wildman–Crippen LogP) is 2.63. The van der Waals surface area contributed by atoms with Gasteiger partial charge in [-0.1, -0.05) is 0 Å². The summed E-state index contributed by atoms with van der Waals surface area (Å²) in [6, 6.07) is 0. The molecule has 3 aliphatic carbocycles. The van der Waals surface area contributed by atoms with Gasteiger partial charge >= 0.3 is 6.18 Å². The third kappa shape index (κ3) is 1.26. The van der Waals surface area contributed by atoms with Crippen molar-refractivity contribution in [1.82, 2.24) is 0 Å². The monoisotopic (exact) mass is 194 g/mol. The van der Waals surface area contributed by atoms with Crippen LogP contribution in [0.4, 0.5) is 13.2 Å². The van der Waals surface area contributed by atoms with Crippen LogP contribution in [-0.4, -0.2) is 16.9 Å². The third-order valence-corrected chi connectivity index (χ3v) is 3.81. The molecule has 76 valence electrons. The topological polar surface area (TPSA) is 20.2 Å². The first-order chi connectivity index (χ1) is 5.87. The molecule has 3 fully saturated rings. The lowest BCUT2D eigenvalue weighted by molar-refractivity contribution is -0.267. The quantitative estimate of drug-likeness (QED) is 0.628. The molecular weight excluding hydrogens is 181 g/mol. The molecule has 0 aromatic carbocycles. The second-order valence-corrected chi connectivity index (χ2v) is 4.50. The van der Waals surface area contributed by atoms with Gasteiger partial charge in [0.05, 0.1) is 11.0 Å². The van der Waals surface area contributed by atoms with Gasteiger partial charge in [0.15, 0.2) is 0 Å². The van der Waals surface area contributed by atoms with E-state index in [4.69, 9.17) is 0 Å². The van der Waals surface area contributed by atoms with Crippen molar-refractivity contribution in [3.05, 3.63) is 0 Å². The first-order valence-corrected chi connectivity index (χ1v) is 4.66. The molecule has 2 bridgehead atoms. The highest BCUT2D eigenvalue weighted by molar-refractivity contribution is 5.02. The number of halogens is 3. The van der Waals surface area contributed by atoms with Crippen LogP contribution in [-0.2, 0) is 0 Å². The van der Waals surface area contributed by atoms with E-state index in [0.717, 1.165) is 0 Å². The number of hydrogen-bond acceptors (Lipinski definition) is 1. The Hall–Kier alpha value is -0.250. The van der Waals surface area contributed by atoms with Gasteiger partial charge in [-0.2, -0.15) is 13.2 Å². The predicted molar refractivity (Wildman–Crippen MR) is 41.1 cm³/mol. The fourth-order valence-corrected chi connectivity index (χ4v) is 2.59. The molecule has 0 unspecified atom stereocenters. The summed E-state index contributed by atoms with van der Waals surface area (Å²) in [4.78, 5) is 0. The van der Waals surface area contributed by atoms with Crippen LogP contribution in [0, 0.1) is 5.41 Å². The molecule has 13 heavy (non-hydrogen) atoms. The molecule has 0 aliphatic heterocycles. The van der Waals surface area contributed by atoms with E-state index in [1.54, 1.807) is 0 Å². The third-order valence-electron chi connectivity index (χ3n) is 3.81. The van der Waals surface area contributed by atoms with Crippen LogP contribution in [0.2, 0.25) is 0 Å². The molecule has 1 nitrogen and oxygen atoms in total. The van der Waals surface area contributed by atoms with Crippen molar-refractivity contribution >= 4 is 0 Å². The Morgan fingerprint density at radius 3 is 1.54 bits per heavy atom. The Morgan fingerprint density at radius 2 is 1.23 bits per heavy atom. The Kier molecular flexibility index (Phi) is 1.72. The van der Waals surface area contributed by atoms with Gasteiger partial charge < -0.3 is 5.11 Å². The van der Waals surface area contributed by atoms with E-state index < -0.39 is 17.2 Å². The molecule has 0 spiro atoms. The van der Waals surface area contributed by atoms with Crippen LogP contribution in [0.3, 0.4) is 0 Å². The van der Waals surface area contributed by atoms with Crippen molar-refractivity contribution < 1.29 is 18.3 Å². The SMILES string of the molecule is OC12CCC(C(F)(F)F)(CC1)CC2. The summed E-state index contributed by atoms with van der Waals surface area (Å²) in [6.45, 7) is 0. The molecule has 0 heterocycles. The minimum atomic E-state index is -4.07. The molecule has 0 saturated heterocycles. The molecule has 0 aromatic heterocycles. The summed E-state index contributed by atoms with van der Waals surface area (Å²) in [7, 11) is 0. The van der Waals surface area contributed by atoms with Gasteiger partial charge in [-0.25, -0.2) is 0 Å². The maximum absolute atomic E-state index is 12.7. The van der Waals surface area contributed by atoms with E-state index in [1.165, 1.54) is 0 Å². The van der Waals surface area contributed by atoms with Gasteiger partial charge in [0, 0.05) is 0 Å². The van der Waals surface area contributed by atoms with Crippen molar-refractivity contribution in [2.24, 2.45) is 5.41 Å². The Balaban J connectivity index is 2.20. The van der Waals surface area contributed by atoms with Gasteiger partial charge in [0.25, 0.3) is 0 Å². The Bertz CT molecular complexity index is 197. The largest absolute Gasteiger partial charge is 0.394 e. The molecule has 3 rings (SSSR count). The highest BCUT2D eigenvalue weighted by atomic mass is 19.4. The lowest BCUT2D eigenvalue weighted by Crippen LogP contribution is -2.52. The number of aliphatic hydroxyl groups is 1. The van der Waals surface area contributed by atoms with Crippen LogP contribution < -0.4 is 0 Å². The fourth-order valence-electron chi connectivity index (χ4n) is 2.59. The smallest absolute Gasteiger partial charge is 0.390 e. The lowest BCUT2D eigenvalue weighted by atomic mass is 9.58. The van der Waals surface area contributed by atoms with E-state index in [-0.39, 0.29) is 19.3 Å². The van der Waals surface area contributed by atoms with E-state index >= 15 is 0 Å². The minimum Gasteiger partial charge on any atom is -0.390 e. The number of fused-ring (bicyclic) bond motifs is 3. The van der Waals surface area contributed by atoms with Crippen LogP contribution in [0.1, 0.15) is 38.5 Å². The second-order valence-electron chi connectivity index (χ2n) is 4.50. The molecule has 1 N–H and O–H groups in total. The molecular formula is C9H13F3O. The summed E-state index contributed by atoms with van der Waals surface area (Å²) in [6.07, 6.45) is -2.74. The first kappa shape index (κ1) is 9.31. The molecule has 3 saturated carbocycles. The van der Waals surface area contributed by atoms with Crippen molar-refractivity contribution in [2.75, 3.05) is 0 Å². The zero-order valence-electron chi connectivity index (χ0n) is 7.32. The van der Waals surface area contributed by atoms with E-state index in [2.05, 4.69) is 0 Å². The summed E-state index contributed by atoms with van der Waals surface area (Å²) >= 11 is 0. The molecule has 3 aliphatic rings. The number of hydrogen-bond donors (Lipinski definition) is 1. The lowest BCUT2D eigenvalue weighted by Gasteiger charge is -2.51. The van der Waals surface area contributed by atoms with Gasteiger partial charge in [0.2, 0.25) is 0 Å². The maximum atomic E-state index is 12.7. The second kappa shape index (κ2) is 2.41. The van der Waals surface area contributed by atoms with Crippen LogP contribution >= 0.6 is 0 Å². The van der Waals surface area contributed by atoms with Crippen LogP contribution in [0.15, 0.2) is 0 Å². The van der Waals surface area contributed by atoms with Crippen molar-refractivity contribution in [3.8, 4) is 0 Å². The first-order valence-electron chi connectivity index (χ1n) is 4.66. The van der Waals surface area contributed by atoms with Crippen molar-refractivity contribution in [1.29, 1.82) is 0 Å². The van der Waals surface area contributed by atoms with Gasteiger partial charge in [-0.05, 0) is 38.5 Å². The zero-order chi connectivity index (χ0) is 9.74. The van der Waals surface area contributed by atoms with E-state index in [1.807, 2.05) is 0 Å². The standard InChI is InChI=1S/C9H13F3O/c10-9(11,12)7-1-4-8(13,5-2-7)6-3-7/h13H,1-6H2. The zero-order valence-corrected chi connectivity index (χ0v) is 7.32. The minimum absolute atomic E-state index is 0.118. The molecule has 0 atom stereocenters. The average Bonchev–Trinajstić information content (AvgIpc) is 2.04. The maximum Gasteiger partial charge on any atom is 0.394 e. The number of alkyl halides is 3. The van der Waals surface area contributed by atoms with Crippen molar-refractivity contribution in [2.45, 2.75) is 50.3 Å². The average molecular weight is 194 g/mol. The van der Waals surface area contributed by atoms with Gasteiger partial charge in [-0.15, -0.1) is 0 Å². The van der Waals surface area contributed by atoms with E-state index in [0.29, 0.717) is 19.3 Å². The molecule has 0 amide bonds. The van der Waals surface area contributed by atoms with E-state index in [9.17, 15) is 18.3 Å². The van der Waals surface area contributed by atoms with Gasteiger partial charge in [-0.3, -0.25) is 0 Å². The summed E-state index contributed by atoms with van der Waals surface area (Å²) < 4.78 is 38.0. The van der Waals surface area contributed by atoms with Crippen LogP contribution in [0.25, 0.3) is 0 Å². The van der Waals surface area contributed by atoms with Crippen molar-refractivity contribution in [3.63, 3.8) is 0 Å². The summed E-state index contributed by atoms with van der Waals surface area (Å²) in [5.41, 5.74) is -2.23. The Morgan fingerprint density at radius 1 is 0.846 bits per heavy atom. The summed E-state index contributed by atoms with van der Waals surface area (Å²) in [5.74, 6) is 0. The number of rotatable bonds is 0. The normalized spacial score (nSPS) is 45.2. The molecule has 0 radical (unpaired) electrons. The fraction of sp³-hybridized carbons (Fsp3) is 1.00.